The highest BCUT2D eigenvalue weighted by molar-refractivity contribution is 9.10. The van der Waals surface area contributed by atoms with Crippen LogP contribution in [0.1, 0.15) is 10.4 Å². The number of amides is 1. The zero-order valence-electron chi connectivity index (χ0n) is 10.7. The molecular weight excluding hydrogens is 445 g/mol. The number of rotatable bonds is 3. The highest BCUT2D eigenvalue weighted by Gasteiger charge is 2.13. The number of halogens is 4. The molecule has 0 radical (unpaired) electrons. The first-order valence-electron chi connectivity index (χ1n) is 5.72. The maximum atomic E-state index is 12.2. The van der Waals surface area contributed by atoms with Crippen LogP contribution in [0.3, 0.4) is 0 Å². The highest BCUT2D eigenvalue weighted by Crippen LogP contribution is 2.36. The molecular formula is C14H9Br2Cl2NO2. The summed E-state index contributed by atoms with van der Waals surface area (Å²) in [5.74, 6) is 0.356. The van der Waals surface area contributed by atoms with E-state index >= 15 is 0 Å². The van der Waals surface area contributed by atoms with Gasteiger partial charge in [-0.1, -0.05) is 23.2 Å². The molecule has 0 aliphatic heterocycles. The average molecular weight is 454 g/mol. The van der Waals surface area contributed by atoms with E-state index in [1.807, 2.05) is 0 Å². The van der Waals surface area contributed by atoms with Crippen LogP contribution in [0.5, 0.6) is 5.75 Å². The van der Waals surface area contributed by atoms with Crippen molar-refractivity contribution in [1.82, 2.24) is 0 Å². The van der Waals surface area contributed by atoms with Crippen molar-refractivity contribution in [2.45, 2.75) is 0 Å². The second-order valence-electron chi connectivity index (χ2n) is 4.03. The third-order valence-corrected chi connectivity index (χ3v) is 5.09. The van der Waals surface area contributed by atoms with Crippen LogP contribution in [0.4, 0.5) is 5.69 Å². The van der Waals surface area contributed by atoms with E-state index in [4.69, 9.17) is 27.9 Å². The normalized spacial score (nSPS) is 10.3. The van der Waals surface area contributed by atoms with Gasteiger partial charge in [0.05, 0.1) is 27.3 Å². The molecule has 1 amide bonds. The summed E-state index contributed by atoms with van der Waals surface area (Å²) in [7, 11) is 1.56. The monoisotopic (exact) mass is 451 g/mol. The predicted octanol–water partition coefficient (Wildman–Crippen LogP) is 5.78. The van der Waals surface area contributed by atoms with Crippen LogP contribution in [0.15, 0.2) is 39.3 Å². The van der Waals surface area contributed by atoms with Gasteiger partial charge < -0.3 is 10.1 Å². The average Bonchev–Trinajstić information content (AvgIpc) is 2.47. The fraction of sp³-hybridized carbons (Fsp3) is 0.0714. The van der Waals surface area contributed by atoms with Crippen molar-refractivity contribution in [2.75, 3.05) is 12.4 Å². The number of methoxy groups -OCH3 is 1. The summed E-state index contributed by atoms with van der Waals surface area (Å²) in [5, 5.41) is 3.36. The fourth-order valence-corrected chi connectivity index (χ4v) is 2.99. The van der Waals surface area contributed by atoms with Gasteiger partial charge in [0.15, 0.2) is 0 Å². The summed E-state index contributed by atoms with van der Waals surface area (Å²) < 4.78 is 6.48. The molecule has 0 aliphatic carbocycles. The molecule has 2 rings (SSSR count). The molecule has 110 valence electrons. The van der Waals surface area contributed by atoms with E-state index in [0.29, 0.717) is 31.0 Å². The molecule has 0 spiro atoms. The maximum absolute atomic E-state index is 12.2. The molecule has 0 heterocycles. The van der Waals surface area contributed by atoms with Gasteiger partial charge in [0, 0.05) is 10.0 Å². The summed E-state index contributed by atoms with van der Waals surface area (Å²) in [6.07, 6.45) is 0. The van der Waals surface area contributed by atoms with E-state index in [1.165, 1.54) is 0 Å². The summed E-state index contributed by atoms with van der Waals surface area (Å²) in [5.41, 5.74) is 0.916. The number of ether oxygens (including phenoxy) is 1. The van der Waals surface area contributed by atoms with Crippen molar-refractivity contribution in [3.05, 3.63) is 54.9 Å². The Morgan fingerprint density at radius 3 is 2.43 bits per heavy atom. The van der Waals surface area contributed by atoms with E-state index in [9.17, 15) is 4.79 Å². The smallest absolute Gasteiger partial charge is 0.255 e. The molecule has 0 fully saturated rings. The summed E-state index contributed by atoms with van der Waals surface area (Å²) in [6, 6.07) is 8.42. The summed E-state index contributed by atoms with van der Waals surface area (Å²) in [6.45, 7) is 0. The van der Waals surface area contributed by atoms with Gasteiger partial charge in [0.2, 0.25) is 0 Å². The number of hydrogen-bond donors (Lipinski definition) is 1. The van der Waals surface area contributed by atoms with E-state index in [2.05, 4.69) is 37.2 Å². The lowest BCUT2D eigenvalue weighted by molar-refractivity contribution is 0.102. The largest absolute Gasteiger partial charge is 0.496 e. The first kappa shape index (κ1) is 16.6. The molecule has 2 aromatic rings. The molecule has 3 nitrogen and oxygen atoms in total. The number of benzene rings is 2. The lowest BCUT2D eigenvalue weighted by Crippen LogP contribution is -2.12. The molecule has 1 N–H and O–H groups in total. The van der Waals surface area contributed by atoms with Crippen LogP contribution in [-0.4, -0.2) is 13.0 Å². The van der Waals surface area contributed by atoms with E-state index in [0.717, 1.165) is 0 Å². The van der Waals surface area contributed by atoms with Gasteiger partial charge in [0.25, 0.3) is 5.91 Å². The standard InChI is InChI=1S/C14H9Br2Cl2NO2/c1-21-11-5-2-7(6-9(11)16)14(20)19-10-4-3-8(15)12(17)13(10)18/h2-6H,1H3,(H,19,20). The van der Waals surface area contributed by atoms with Gasteiger partial charge in [-0.15, -0.1) is 0 Å². The first-order valence-corrected chi connectivity index (χ1v) is 8.06. The van der Waals surface area contributed by atoms with Crippen LogP contribution in [0.2, 0.25) is 10.0 Å². The van der Waals surface area contributed by atoms with Crippen molar-refractivity contribution in [1.29, 1.82) is 0 Å². The third kappa shape index (κ3) is 3.72. The minimum Gasteiger partial charge on any atom is -0.496 e. The van der Waals surface area contributed by atoms with Crippen molar-refractivity contribution in [3.63, 3.8) is 0 Å². The van der Waals surface area contributed by atoms with Gasteiger partial charge in [-0.25, -0.2) is 0 Å². The van der Waals surface area contributed by atoms with Gasteiger partial charge in [0.1, 0.15) is 5.75 Å². The number of carbonyl (C=O) groups excluding carboxylic acids is 1. The molecule has 0 saturated carbocycles. The Labute approximate surface area is 148 Å². The van der Waals surface area contributed by atoms with Gasteiger partial charge in [-0.05, 0) is 62.2 Å². The number of anilines is 1. The van der Waals surface area contributed by atoms with E-state index in [1.54, 1.807) is 37.4 Å². The lowest BCUT2D eigenvalue weighted by atomic mass is 10.2. The van der Waals surface area contributed by atoms with Gasteiger partial charge in [-0.2, -0.15) is 0 Å². The number of hydrogen-bond acceptors (Lipinski definition) is 2. The SMILES string of the molecule is COc1ccc(C(=O)Nc2ccc(Br)c(Cl)c2Cl)cc1Br. The van der Waals surface area contributed by atoms with Gasteiger partial charge in [-0.3, -0.25) is 4.79 Å². The van der Waals surface area contributed by atoms with Crippen molar-refractivity contribution in [3.8, 4) is 5.75 Å². The quantitative estimate of drug-likeness (QED) is 0.598. The Bertz CT molecular complexity index is 708. The number of nitrogens with one attached hydrogen (secondary N) is 1. The molecule has 0 bridgehead atoms. The fourth-order valence-electron chi connectivity index (χ4n) is 1.62. The van der Waals surface area contributed by atoms with Crippen LogP contribution < -0.4 is 10.1 Å². The molecule has 0 aliphatic rings. The van der Waals surface area contributed by atoms with Crippen LogP contribution in [0, 0.1) is 0 Å². The Morgan fingerprint density at radius 1 is 1.10 bits per heavy atom. The molecule has 7 heteroatoms. The van der Waals surface area contributed by atoms with Gasteiger partial charge >= 0.3 is 0 Å². The van der Waals surface area contributed by atoms with Crippen LogP contribution >= 0.6 is 55.1 Å². The Balaban J connectivity index is 2.26. The van der Waals surface area contributed by atoms with Crippen molar-refractivity contribution >= 4 is 66.7 Å². The van der Waals surface area contributed by atoms with E-state index in [-0.39, 0.29) is 10.9 Å². The molecule has 2 aromatic carbocycles. The minimum absolute atomic E-state index is 0.284. The Hall–Kier alpha value is -0.750. The highest BCUT2D eigenvalue weighted by atomic mass is 79.9. The zero-order chi connectivity index (χ0) is 15.6. The third-order valence-electron chi connectivity index (χ3n) is 2.70. The Kier molecular flexibility index (Phi) is 5.54. The lowest BCUT2D eigenvalue weighted by Gasteiger charge is -2.10. The van der Waals surface area contributed by atoms with Crippen molar-refractivity contribution in [2.24, 2.45) is 0 Å². The topological polar surface area (TPSA) is 38.3 Å². The minimum atomic E-state index is -0.293. The molecule has 0 unspecified atom stereocenters. The second-order valence-corrected chi connectivity index (χ2v) is 6.49. The second kappa shape index (κ2) is 7.01. The zero-order valence-corrected chi connectivity index (χ0v) is 15.4. The molecule has 0 atom stereocenters. The molecule has 0 aromatic heterocycles. The first-order chi connectivity index (χ1) is 9.93. The molecule has 0 saturated heterocycles. The molecule has 21 heavy (non-hydrogen) atoms. The summed E-state index contributed by atoms with van der Waals surface area (Å²) in [4.78, 5) is 12.2. The van der Waals surface area contributed by atoms with Crippen LogP contribution in [0.25, 0.3) is 0 Å². The predicted molar refractivity (Wildman–Crippen MR) is 92.8 cm³/mol. The van der Waals surface area contributed by atoms with E-state index < -0.39 is 0 Å². The van der Waals surface area contributed by atoms with Crippen LogP contribution in [-0.2, 0) is 0 Å². The van der Waals surface area contributed by atoms with Crippen molar-refractivity contribution < 1.29 is 9.53 Å². The summed E-state index contributed by atoms with van der Waals surface area (Å²) >= 11 is 18.7. The maximum Gasteiger partial charge on any atom is 0.255 e. The number of carbonyl (C=O) groups is 1. The Morgan fingerprint density at radius 2 is 1.81 bits per heavy atom.